The van der Waals surface area contributed by atoms with Crippen LogP contribution in [0.5, 0.6) is 17.2 Å². The van der Waals surface area contributed by atoms with Crippen LogP contribution in [0.3, 0.4) is 0 Å². The maximum Gasteiger partial charge on any atom is 0.338 e. The molecule has 0 aliphatic rings. The molecule has 0 spiro atoms. The molecule has 0 amide bonds. The normalized spacial score (nSPS) is 11.5. The molecule has 1 aromatic carbocycles. The van der Waals surface area contributed by atoms with Gasteiger partial charge < -0.3 is 29.9 Å². The Labute approximate surface area is 125 Å². The Morgan fingerprint density at radius 1 is 1.14 bits per heavy atom. The van der Waals surface area contributed by atoms with Crippen molar-refractivity contribution in [2.24, 2.45) is 0 Å². The first kappa shape index (κ1) is 17.3. The number of esters is 2. The van der Waals surface area contributed by atoms with Gasteiger partial charge in [0.25, 0.3) is 0 Å². The molecule has 22 heavy (non-hydrogen) atoms. The van der Waals surface area contributed by atoms with Crippen molar-refractivity contribution in [3.8, 4) is 17.2 Å². The molecule has 4 N–H and O–H groups in total. The van der Waals surface area contributed by atoms with Gasteiger partial charge in [0.1, 0.15) is 19.3 Å². The smallest absolute Gasteiger partial charge is 0.338 e. The number of aliphatic hydroxyl groups is 1. The van der Waals surface area contributed by atoms with Gasteiger partial charge in [-0.2, -0.15) is 0 Å². The molecule has 0 bridgehead atoms. The summed E-state index contributed by atoms with van der Waals surface area (Å²) in [5, 5.41) is 37.2. The first-order valence-corrected chi connectivity index (χ1v) is 6.15. The Balaban J connectivity index is 2.52. The van der Waals surface area contributed by atoms with Crippen LogP contribution >= 0.6 is 0 Å². The molecular formula is C14H16O8. The highest BCUT2D eigenvalue weighted by Crippen LogP contribution is 2.35. The Bertz CT molecular complexity index is 570. The molecular weight excluding hydrogens is 296 g/mol. The standard InChI is InChI=1S/C14H16O8/c1-7(2)13(19)21-5-9(15)6-22-14(20)8-3-10(16)12(18)11(17)4-8/h3-4,9,15-18H,1,5-6H2,2H3. The molecule has 0 radical (unpaired) electrons. The van der Waals surface area contributed by atoms with Gasteiger partial charge >= 0.3 is 11.9 Å². The topological polar surface area (TPSA) is 134 Å². The lowest BCUT2D eigenvalue weighted by atomic mass is 10.2. The van der Waals surface area contributed by atoms with Crippen LogP contribution in [0, 0.1) is 0 Å². The maximum absolute atomic E-state index is 11.7. The molecule has 120 valence electrons. The summed E-state index contributed by atoms with van der Waals surface area (Å²) in [7, 11) is 0. The van der Waals surface area contributed by atoms with Crippen molar-refractivity contribution >= 4 is 11.9 Å². The van der Waals surface area contributed by atoms with Gasteiger partial charge in [-0.15, -0.1) is 0 Å². The van der Waals surface area contributed by atoms with Crippen LogP contribution in [0.15, 0.2) is 24.3 Å². The van der Waals surface area contributed by atoms with E-state index in [1.54, 1.807) is 0 Å². The number of phenolic OH excluding ortho intramolecular Hbond substituents is 3. The predicted octanol–water partition coefficient (Wildman–Crippen LogP) is 0.440. The molecule has 0 saturated carbocycles. The summed E-state index contributed by atoms with van der Waals surface area (Å²) in [5.74, 6) is -3.77. The Morgan fingerprint density at radius 3 is 2.14 bits per heavy atom. The average Bonchev–Trinajstić information content (AvgIpc) is 2.46. The van der Waals surface area contributed by atoms with Gasteiger partial charge in [-0.05, 0) is 19.1 Å². The molecule has 0 aromatic heterocycles. The molecule has 1 atom stereocenters. The quantitative estimate of drug-likeness (QED) is 0.338. The van der Waals surface area contributed by atoms with E-state index in [0.29, 0.717) is 0 Å². The van der Waals surface area contributed by atoms with Gasteiger partial charge in [0.15, 0.2) is 17.2 Å². The Hall–Kier alpha value is -2.74. The minimum absolute atomic E-state index is 0.166. The van der Waals surface area contributed by atoms with E-state index in [0.717, 1.165) is 12.1 Å². The van der Waals surface area contributed by atoms with Crippen LogP contribution in [-0.2, 0) is 14.3 Å². The SMILES string of the molecule is C=C(C)C(=O)OCC(O)COC(=O)c1cc(O)c(O)c(O)c1. The van der Waals surface area contributed by atoms with E-state index in [-0.39, 0.29) is 17.7 Å². The van der Waals surface area contributed by atoms with Gasteiger partial charge in [0, 0.05) is 5.57 Å². The summed E-state index contributed by atoms with van der Waals surface area (Å²) >= 11 is 0. The first-order chi connectivity index (χ1) is 10.2. The summed E-state index contributed by atoms with van der Waals surface area (Å²) in [5.41, 5.74) is -0.0573. The largest absolute Gasteiger partial charge is 0.504 e. The lowest BCUT2D eigenvalue weighted by molar-refractivity contribution is -0.142. The van der Waals surface area contributed by atoms with E-state index in [1.165, 1.54) is 6.92 Å². The molecule has 8 nitrogen and oxygen atoms in total. The van der Waals surface area contributed by atoms with Crippen molar-refractivity contribution in [1.29, 1.82) is 0 Å². The molecule has 1 aromatic rings. The van der Waals surface area contributed by atoms with E-state index in [9.17, 15) is 24.9 Å². The third kappa shape index (κ3) is 4.67. The number of aromatic hydroxyl groups is 3. The van der Waals surface area contributed by atoms with Crippen LogP contribution in [0.4, 0.5) is 0 Å². The first-order valence-electron chi connectivity index (χ1n) is 6.15. The van der Waals surface area contributed by atoms with Gasteiger partial charge in [-0.25, -0.2) is 9.59 Å². The lowest BCUT2D eigenvalue weighted by Crippen LogP contribution is -2.25. The second-order valence-electron chi connectivity index (χ2n) is 4.49. The van der Waals surface area contributed by atoms with E-state index in [1.807, 2.05) is 0 Å². The van der Waals surface area contributed by atoms with Crippen LogP contribution in [0.25, 0.3) is 0 Å². The van der Waals surface area contributed by atoms with E-state index in [2.05, 4.69) is 11.3 Å². The van der Waals surface area contributed by atoms with Crippen molar-refractivity contribution in [3.63, 3.8) is 0 Å². The number of hydrogen-bond acceptors (Lipinski definition) is 8. The minimum Gasteiger partial charge on any atom is -0.504 e. The second-order valence-corrected chi connectivity index (χ2v) is 4.49. The number of phenols is 3. The average molecular weight is 312 g/mol. The molecule has 0 aliphatic carbocycles. The highest BCUT2D eigenvalue weighted by molar-refractivity contribution is 5.91. The number of benzene rings is 1. The number of carbonyl (C=O) groups excluding carboxylic acids is 2. The maximum atomic E-state index is 11.7. The second kappa shape index (κ2) is 7.32. The number of ether oxygens (including phenoxy) is 2. The summed E-state index contributed by atoms with van der Waals surface area (Å²) in [6, 6.07) is 1.79. The van der Waals surface area contributed by atoms with Gasteiger partial charge in [0.2, 0.25) is 0 Å². The zero-order valence-electron chi connectivity index (χ0n) is 11.8. The lowest BCUT2D eigenvalue weighted by Gasteiger charge is -2.12. The van der Waals surface area contributed by atoms with E-state index >= 15 is 0 Å². The monoisotopic (exact) mass is 312 g/mol. The fourth-order valence-corrected chi connectivity index (χ4v) is 1.32. The van der Waals surface area contributed by atoms with Crippen molar-refractivity contribution < 1.29 is 39.5 Å². The van der Waals surface area contributed by atoms with Crippen molar-refractivity contribution in [2.75, 3.05) is 13.2 Å². The van der Waals surface area contributed by atoms with E-state index in [4.69, 9.17) is 9.84 Å². The number of rotatable bonds is 6. The summed E-state index contributed by atoms with van der Waals surface area (Å²) < 4.78 is 9.39. The predicted molar refractivity (Wildman–Crippen MR) is 73.5 cm³/mol. The third-order valence-corrected chi connectivity index (χ3v) is 2.47. The van der Waals surface area contributed by atoms with E-state index < -0.39 is 41.9 Å². The van der Waals surface area contributed by atoms with Gasteiger partial charge in [0.05, 0.1) is 5.56 Å². The number of carbonyl (C=O) groups is 2. The number of aliphatic hydroxyl groups excluding tert-OH is 1. The van der Waals surface area contributed by atoms with Gasteiger partial charge in [-0.1, -0.05) is 6.58 Å². The minimum atomic E-state index is -1.24. The summed E-state index contributed by atoms with van der Waals surface area (Å²) in [6.07, 6.45) is -1.24. The molecule has 0 fully saturated rings. The van der Waals surface area contributed by atoms with Crippen molar-refractivity contribution in [2.45, 2.75) is 13.0 Å². The molecule has 8 heteroatoms. The third-order valence-electron chi connectivity index (χ3n) is 2.47. The zero-order valence-corrected chi connectivity index (χ0v) is 11.8. The molecule has 0 aliphatic heterocycles. The van der Waals surface area contributed by atoms with Gasteiger partial charge in [-0.3, -0.25) is 0 Å². The Morgan fingerprint density at radius 2 is 1.64 bits per heavy atom. The highest BCUT2D eigenvalue weighted by atomic mass is 16.6. The molecule has 1 unspecified atom stereocenters. The van der Waals surface area contributed by atoms with Crippen LogP contribution < -0.4 is 0 Å². The summed E-state index contributed by atoms with van der Waals surface area (Å²) in [6.45, 7) is 3.95. The molecule has 0 saturated heterocycles. The fraction of sp³-hybridized carbons (Fsp3) is 0.286. The molecule has 1 rings (SSSR count). The number of hydrogen-bond donors (Lipinski definition) is 4. The molecule has 0 heterocycles. The zero-order chi connectivity index (χ0) is 16.9. The van der Waals surface area contributed by atoms with Crippen LogP contribution in [-0.4, -0.2) is 51.7 Å². The van der Waals surface area contributed by atoms with Crippen LogP contribution in [0.2, 0.25) is 0 Å². The van der Waals surface area contributed by atoms with Crippen molar-refractivity contribution in [1.82, 2.24) is 0 Å². The van der Waals surface area contributed by atoms with Crippen LogP contribution in [0.1, 0.15) is 17.3 Å². The van der Waals surface area contributed by atoms with Crippen molar-refractivity contribution in [3.05, 3.63) is 29.8 Å². The Kier molecular flexibility index (Phi) is 5.76. The summed E-state index contributed by atoms with van der Waals surface area (Å²) in [4.78, 5) is 22.7. The highest BCUT2D eigenvalue weighted by Gasteiger charge is 2.17. The fourth-order valence-electron chi connectivity index (χ4n) is 1.32.